The molecule has 0 atom stereocenters. The lowest BCUT2D eigenvalue weighted by Gasteiger charge is -2.32. The molecule has 1 heterocycles. The SMILES string of the molecule is CCN(CC)C(=O)c1ccc(N2CCC(C)CC2)cc1. The molecular formula is C17H26N2O. The summed E-state index contributed by atoms with van der Waals surface area (Å²) in [6.45, 7) is 10.1. The van der Waals surface area contributed by atoms with Crippen LogP contribution in [-0.2, 0) is 0 Å². The van der Waals surface area contributed by atoms with E-state index in [1.807, 2.05) is 30.9 Å². The number of benzene rings is 1. The number of hydrogen-bond donors (Lipinski definition) is 0. The van der Waals surface area contributed by atoms with E-state index in [0.717, 1.165) is 37.7 Å². The van der Waals surface area contributed by atoms with Gasteiger partial charge in [0, 0.05) is 37.4 Å². The fourth-order valence-electron chi connectivity index (χ4n) is 2.78. The average molecular weight is 274 g/mol. The fourth-order valence-corrected chi connectivity index (χ4v) is 2.78. The molecule has 3 heteroatoms. The normalized spacial score (nSPS) is 16.2. The third-order valence-electron chi connectivity index (χ3n) is 4.31. The summed E-state index contributed by atoms with van der Waals surface area (Å²) in [6, 6.07) is 8.11. The summed E-state index contributed by atoms with van der Waals surface area (Å²) in [5.74, 6) is 0.976. The van der Waals surface area contributed by atoms with Crippen molar-refractivity contribution in [3.8, 4) is 0 Å². The van der Waals surface area contributed by atoms with Gasteiger partial charge in [-0.1, -0.05) is 6.92 Å². The van der Waals surface area contributed by atoms with Crippen LogP contribution in [0.4, 0.5) is 5.69 Å². The number of amides is 1. The minimum Gasteiger partial charge on any atom is -0.372 e. The first-order chi connectivity index (χ1) is 9.65. The van der Waals surface area contributed by atoms with E-state index in [4.69, 9.17) is 0 Å². The van der Waals surface area contributed by atoms with Crippen LogP contribution in [0.1, 0.15) is 44.0 Å². The molecule has 1 aliphatic heterocycles. The molecule has 1 aliphatic rings. The quantitative estimate of drug-likeness (QED) is 0.840. The molecule has 0 aromatic heterocycles. The summed E-state index contributed by atoms with van der Waals surface area (Å²) in [4.78, 5) is 16.5. The van der Waals surface area contributed by atoms with E-state index >= 15 is 0 Å². The Kier molecular flexibility index (Phi) is 5.05. The molecule has 0 unspecified atom stereocenters. The topological polar surface area (TPSA) is 23.6 Å². The summed E-state index contributed by atoms with van der Waals surface area (Å²) in [5, 5.41) is 0. The molecule has 0 spiro atoms. The van der Waals surface area contributed by atoms with E-state index in [0.29, 0.717) is 0 Å². The number of piperidine rings is 1. The number of nitrogens with zero attached hydrogens (tertiary/aromatic N) is 2. The van der Waals surface area contributed by atoms with Crippen molar-refractivity contribution in [1.29, 1.82) is 0 Å². The monoisotopic (exact) mass is 274 g/mol. The number of anilines is 1. The minimum absolute atomic E-state index is 0.133. The molecule has 1 aromatic carbocycles. The molecule has 0 saturated carbocycles. The Morgan fingerprint density at radius 3 is 2.20 bits per heavy atom. The summed E-state index contributed by atoms with van der Waals surface area (Å²) in [6.07, 6.45) is 2.53. The Labute approximate surface area is 122 Å². The van der Waals surface area contributed by atoms with Crippen LogP contribution in [0.2, 0.25) is 0 Å². The van der Waals surface area contributed by atoms with Gasteiger partial charge in [0.25, 0.3) is 5.91 Å². The molecule has 1 saturated heterocycles. The first-order valence-corrected chi connectivity index (χ1v) is 7.80. The zero-order valence-corrected chi connectivity index (χ0v) is 12.9. The molecule has 110 valence electrons. The van der Waals surface area contributed by atoms with Crippen LogP contribution >= 0.6 is 0 Å². The first-order valence-electron chi connectivity index (χ1n) is 7.80. The van der Waals surface area contributed by atoms with Gasteiger partial charge in [-0.15, -0.1) is 0 Å². The van der Waals surface area contributed by atoms with E-state index in [9.17, 15) is 4.79 Å². The van der Waals surface area contributed by atoms with Crippen LogP contribution in [0, 0.1) is 5.92 Å². The lowest BCUT2D eigenvalue weighted by Crippen LogP contribution is -2.33. The van der Waals surface area contributed by atoms with Crippen LogP contribution in [0.5, 0.6) is 0 Å². The number of hydrogen-bond acceptors (Lipinski definition) is 2. The molecule has 1 aromatic rings. The Morgan fingerprint density at radius 2 is 1.70 bits per heavy atom. The van der Waals surface area contributed by atoms with Gasteiger partial charge in [0.15, 0.2) is 0 Å². The van der Waals surface area contributed by atoms with Crippen molar-refractivity contribution >= 4 is 11.6 Å². The lowest BCUT2D eigenvalue weighted by molar-refractivity contribution is 0.0773. The lowest BCUT2D eigenvalue weighted by atomic mass is 9.98. The van der Waals surface area contributed by atoms with Gasteiger partial charge in [0.1, 0.15) is 0 Å². The maximum Gasteiger partial charge on any atom is 0.253 e. The second-order valence-corrected chi connectivity index (χ2v) is 5.69. The maximum absolute atomic E-state index is 12.2. The summed E-state index contributed by atoms with van der Waals surface area (Å²) >= 11 is 0. The molecule has 0 N–H and O–H groups in total. The van der Waals surface area contributed by atoms with Crippen molar-refractivity contribution in [2.45, 2.75) is 33.6 Å². The molecule has 0 bridgehead atoms. The molecule has 0 radical (unpaired) electrons. The van der Waals surface area contributed by atoms with Crippen molar-refractivity contribution in [1.82, 2.24) is 4.90 Å². The van der Waals surface area contributed by atoms with Gasteiger partial charge in [-0.25, -0.2) is 0 Å². The molecule has 1 fully saturated rings. The zero-order chi connectivity index (χ0) is 14.5. The minimum atomic E-state index is 0.133. The predicted octanol–water partition coefficient (Wildman–Crippen LogP) is 3.40. The van der Waals surface area contributed by atoms with E-state index in [1.165, 1.54) is 18.5 Å². The molecule has 0 aliphatic carbocycles. The summed E-state index contributed by atoms with van der Waals surface area (Å²) < 4.78 is 0. The molecular weight excluding hydrogens is 248 g/mol. The standard InChI is InChI=1S/C17H26N2O/c1-4-18(5-2)17(20)15-6-8-16(9-7-15)19-12-10-14(3)11-13-19/h6-9,14H,4-5,10-13H2,1-3H3. The Hall–Kier alpha value is -1.51. The highest BCUT2D eigenvalue weighted by atomic mass is 16.2. The van der Waals surface area contributed by atoms with Gasteiger partial charge in [-0.3, -0.25) is 4.79 Å². The van der Waals surface area contributed by atoms with Crippen LogP contribution in [0.25, 0.3) is 0 Å². The van der Waals surface area contributed by atoms with Crippen molar-refractivity contribution in [3.05, 3.63) is 29.8 Å². The average Bonchev–Trinajstić information content (AvgIpc) is 2.49. The molecule has 2 rings (SSSR count). The van der Waals surface area contributed by atoms with Crippen molar-refractivity contribution < 1.29 is 4.79 Å². The van der Waals surface area contributed by atoms with Gasteiger partial charge >= 0.3 is 0 Å². The van der Waals surface area contributed by atoms with Crippen LogP contribution in [0.15, 0.2) is 24.3 Å². The van der Waals surface area contributed by atoms with Gasteiger partial charge in [0.2, 0.25) is 0 Å². The second-order valence-electron chi connectivity index (χ2n) is 5.69. The predicted molar refractivity (Wildman–Crippen MR) is 84.3 cm³/mol. The van der Waals surface area contributed by atoms with Crippen LogP contribution in [-0.4, -0.2) is 37.0 Å². The second kappa shape index (κ2) is 6.78. The Balaban J connectivity index is 2.04. The highest BCUT2D eigenvalue weighted by molar-refractivity contribution is 5.94. The van der Waals surface area contributed by atoms with E-state index in [1.54, 1.807) is 0 Å². The highest BCUT2D eigenvalue weighted by Gasteiger charge is 2.17. The highest BCUT2D eigenvalue weighted by Crippen LogP contribution is 2.23. The molecule has 3 nitrogen and oxygen atoms in total. The third-order valence-corrected chi connectivity index (χ3v) is 4.31. The Bertz CT molecular complexity index is 429. The van der Waals surface area contributed by atoms with Crippen molar-refractivity contribution in [2.24, 2.45) is 5.92 Å². The van der Waals surface area contributed by atoms with E-state index in [2.05, 4.69) is 24.0 Å². The van der Waals surface area contributed by atoms with E-state index in [-0.39, 0.29) is 5.91 Å². The van der Waals surface area contributed by atoms with Crippen LogP contribution in [0.3, 0.4) is 0 Å². The first kappa shape index (κ1) is 14.9. The fraction of sp³-hybridized carbons (Fsp3) is 0.588. The molecule has 20 heavy (non-hydrogen) atoms. The van der Waals surface area contributed by atoms with Crippen molar-refractivity contribution in [3.63, 3.8) is 0 Å². The van der Waals surface area contributed by atoms with Crippen LogP contribution < -0.4 is 4.90 Å². The number of rotatable bonds is 4. The maximum atomic E-state index is 12.2. The number of carbonyl (C=O) groups is 1. The largest absolute Gasteiger partial charge is 0.372 e. The van der Waals surface area contributed by atoms with Crippen molar-refractivity contribution in [2.75, 3.05) is 31.1 Å². The third kappa shape index (κ3) is 3.33. The van der Waals surface area contributed by atoms with Gasteiger partial charge in [0.05, 0.1) is 0 Å². The summed E-state index contributed by atoms with van der Waals surface area (Å²) in [5.41, 5.74) is 2.04. The van der Waals surface area contributed by atoms with E-state index < -0.39 is 0 Å². The zero-order valence-electron chi connectivity index (χ0n) is 12.9. The number of carbonyl (C=O) groups excluding carboxylic acids is 1. The van der Waals surface area contributed by atoms with Gasteiger partial charge in [-0.2, -0.15) is 0 Å². The smallest absolute Gasteiger partial charge is 0.253 e. The van der Waals surface area contributed by atoms with Gasteiger partial charge < -0.3 is 9.80 Å². The van der Waals surface area contributed by atoms with Gasteiger partial charge in [-0.05, 0) is 56.9 Å². The Morgan fingerprint density at radius 1 is 1.15 bits per heavy atom. The molecule has 1 amide bonds. The summed E-state index contributed by atoms with van der Waals surface area (Å²) in [7, 11) is 0.